The second-order valence-corrected chi connectivity index (χ2v) is 7.59. The van der Waals surface area contributed by atoms with Crippen LogP contribution in [0.25, 0.3) is 20.7 Å². The quantitative estimate of drug-likeness (QED) is 0.506. The predicted octanol–water partition coefficient (Wildman–Crippen LogP) is 3.57. The third-order valence-corrected chi connectivity index (χ3v) is 5.63. The SMILES string of the molecule is COc1ccc(-c2cc3ncn(C[C@H](O)COc4ccccc4)c(=O)c3s2)cc1. The number of rotatable bonds is 7. The first-order valence-electron chi connectivity index (χ1n) is 9.13. The lowest BCUT2D eigenvalue weighted by molar-refractivity contribution is 0.0915. The average molecular weight is 408 g/mol. The minimum absolute atomic E-state index is 0.0933. The molecule has 7 heteroatoms. The van der Waals surface area contributed by atoms with Gasteiger partial charge in [0.15, 0.2) is 0 Å². The van der Waals surface area contributed by atoms with E-state index in [-0.39, 0.29) is 18.7 Å². The van der Waals surface area contributed by atoms with E-state index in [2.05, 4.69) is 4.98 Å². The van der Waals surface area contributed by atoms with Gasteiger partial charge in [0.1, 0.15) is 28.9 Å². The number of fused-ring (bicyclic) bond motifs is 1. The molecule has 2 heterocycles. The summed E-state index contributed by atoms with van der Waals surface area (Å²) in [5, 5.41) is 10.3. The van der Waals surface area contributed by atoms with Crippen LogP contribution >= 0.6 is 11.3 Å². The average Bonchev–Trinajstić information content (AvgIpc) is 3.20. The summed E-state index contributed by atoms with van der Waals surface area (Å²) in [5.74, 6) is 1.46. The van der Waals surface area contributed by atoms with E-state index in [9.17, 15) is 9.90 Å². The molecule has 1 N–H and O–H groups in total. The standard InChI is InChI=1S/C22H20N2O4S/c1-27-17-9-7-15(8-10-17)20-11-19-21(29-20)22(26)24(14-23-19)12-16(25)13-28-18-5-3-2-4-6-18/h2-11,14,16,25H,12-13H2,1H3/t16-/m0/s1. The van der Waals surface area contributed by atoms with Gasteiger partial charge in [0, 0.05) is 4.88 Å². The van der Waals surface area contributed by atoms with Crippen molar-refractivity contribution in [2.24, 2.45) is 0 Å². The number of benzene rings is 2. The minimum atomic E-state index is -0.826. The Balaban J connectivity index is 1.51. The largest absolute Gasteiger partial charge is 0.497 e. The lowest BCUT2D eigenvalue weighted by Crippen LogP contribution is -2.30. The van der Waals surface area contributed by atoms with E-state index in [0.29, 0.717) is 16.0 Å². The summed E-state index contributed by atoms with van der Waals surface area (Å²) in [6.07, 6.45) is 0.647. The summed E-state index contributed by atoms with van der Waals surface area (Å²) in [4.78, 5) is 18.2. The van der Waals surface area contributed by atoms with Crippen LogP contribution in [-0.4, -0.2) is 34.5 Å². The summed E-state index contributed by atoms with van der Waals surface area (Å²) in [5.41, 5.74) is 1.48. The smallest absolute Gasteiger partial charge is 0.271 e. The van der Waals surface area contributed by atoms with E-state index in [1.54, 1.807) is 7.11 Å². The minimum Gasteiger partial charge on any atom is -0.497 e. The van der Waals surface area contributed by atoms with Crippen LogP contribution < -0.4 is 15.0 Å². The molecule has 1 atom stereocenters. The second kappa shape index (κ2) is 8.46. The molecular weight excluding hydrogens is 388 g/mol. The number of aliphatic hydroxyl groups excluding tert-OH is 1. The summed E-state index contributed by atoms with van der Waals surface area (Å²) >= 11 is 1.39. The molecule has 0 aliphatic carbocycles. The molecule has 0 spiro atoms. The number of aromatic nitrogens is 2. The fourth-order valence-corrected chi connectivity index (χ4v) is 4.03. The molecule has 148 valence electrons. The van der Waals surface area contributed by atoms with Crippen molar-refractivity contribution < 1.29 is 14.6 Å². The van der Waals surface area contributed by atoms with Crippen LogP contribution in [0.3, 0.4) is 0 Å². The molecule has 29 heavy (non-hydrogen) atoms. The number of ether oxygens (including phenoxy) is 2. The van der Waals surface area contributed by atoms with Gasteiger partial charge in [-0.2, -0.15) is 0 Å². The predicted molar refractivity (Wildman–Crippen MR) is 114 cm³/mol. The topological polar surface area (TPSA) is 73.6 Å². The number of hydrogen-bond donors (Lipinski definition) is 1. The van der Waals surface area contributed by atoms with Crippen molar-refractivity contribution in [1.82, 2.24) is 9.55 Å². The summed E-state index contributed by atoms with van der Waals surface area (Å²) in [6, 6.07) is 18.8. The molecule has 2 aromatic heterocycles. The molecule has 0 aliphatic rings. The Hall–Kier alpha value is -3.16. The normalized spacial score (nSPS) is 12.1. The molecule has 0 saturated heterocycles. The highest BCUT2D eigenvalue weighted by Crippen LogP contribution is 2.31. The number of methoxy groups -OCH3 is 1. The van der Waals surface area contributed by atoms with Crippen molar-refractivity contribution in [1.29, 1.82) is 0 Å². The van der Waals surface area contributed by atoms with Crippen LogP contribution in [0.5, 0.6) is 11.5 Å². The van der Waals surface area contributed by atoms with Gasteiger partial charge in [-0.15, -0.1) is 11.3 Å². The Morgan fingerprint density at radius 1 is 1.10 bits per heavy atom. The summed E-state index contributed by atoms with van der Waals surface area (Å²) in [6.45, 7) is 0.209. The maximum Gasteiger partial charge on any atom is 0.271 e. The number of hydrogen-bond acceptors (Lipinski definition) is 6. The number of nitrogens with zero attached hydrogens (tertiary/aromatic N) is 2. The molecule has 0 aliphatic heterocycles. The van der Waals surface area contributed by atoms with Gasteiger partial charge in [-0.3, -0.25) is 9.36 Å². The number of para-hydroxylation sites is 1. The zero-order valence-electron chi connectivity index (χ0n) is 15.8. The first-order valence-corrected chi connectivity index (χ1v) is 9.95. The van der Waals surface area contributed by atoms with Gasteiger partial charge in [0.05, 0.1) is 25.5 Å². The number of aliphatic hydroxyl groups is 1. The molecule has 6 nitrogen and oxygen atoms in total. The first-order chi connectivity index (χ1) is 14.1. The molecule has 0 fully saturated rings. The van der Waals surface area contributed by atoms with Crippen molar-refractivity contribution in [2.45, 2.75) is 12.6 Å². The third-order valence-electron chi connectivity index (χ3n) is 4.47. The van der Waals surface area contributed by atoms with Crippen molar-refractivity contribution >= 4 is 21.6 Å². The maximum atomic E-state index is 12.8. The fraction of sp³-hybridized carbons (Fsp3) is 0.182. The van der Waals surface area contributed by atoms with Crippen molar-refractivity contribution in [2.75, 3.05) is 13.7 Å². The molecule has 0 bridgehead atoms. The highest BCUT2D eigenvalue weighted by molar-refractivity contribution is 7.22. The van der Waals surface area contributed by atoms with E-state index in [1.807, 2.05) is 60.7 Å². The van der Waals surface area contributed by atoms with Crippen LogP contribution in [0.1, 0.15) is 0 Å². The highest BCUT2D eigenvalue weighted by atomic mass is 32.1. The van der Waals surface area contributed by atoms with Gasteiger partial charge in [-0.05, 0) is 48.0 Å². The fourth-order valence-electron chi connectivity index (χ4n) is 2.96. The lowest BCUT2D eigenvalue weighted by Gasteiger charge is -2.13. The first kappa shape index (κ1) is 19.2. The lowest BCUT2D eigenvalue weighted by atomic mass is 10.2. The van der Waals surface area contributed by atoms with E-state index in [1.165, 1.54) is 22.2 Å². The molecule has 0 radical (unpaired) electrons. The third kappa shape index (κ3) is 4.31. The molecule has 0 saturated carbocycles. The van der Waals surface area contributed by atoms with Crippen LogP contribution in [0.15, 0.2) is 71.8 Å². The van der Waals surface area contributed by atoms with Crippen LogP contribution in [-0.2, 0) is 6.54 Å². The molecule has 2 aromatic carbocycles. The van der Waals surface area contributed by atoms with Crippen molar-refractivity contribution in [3.05, 3.63) is 77.3 Å². The van der Waals surface area contributed by atoms with Gasteiger partial charge in [0.25, 0.3) is 5.56 Å². The molecule has 4 rings (SSSR count). The van der Waals surface area contributed by atoms with Gasteiger partial charge in [0.2, 0.25) is 0 Å². The number of thiophene rings is 1. The van der Waals surface area contributed by atoms with E-state index < -0.39 is 6.10 Å². The Morgan fingerprint density at radius 2 is 1.86 bits per heavy atom. The molecule has 0 unspecified atom stereocenters. The Labute approximate surface area is 171 Å². The molecule has 0 amide bonds. The highest BCUT2D eigenvalue weighted by Gasteiger charge is 2.13. The summed E-state index contributed by atoms with van der Waals surface area (Å²) < 4.78 is 12.7. The Morgan fingerprint density at radius 3 is 2.59 bits per heavy atom. The van der Waals surface area contributed by atoms with Crippen LogP contribution in [0, 0.1) is 0 Å². The van der Waals surface area contributed by atoms with Crippen molar-refractivity contribution in [3.8, 4) is 21.9 Å². The van der Waals surface area contributed by atoms with Crippen LogP contribution in [0.4, 0.5) is 0 Å². The van der Waals surface area contributed by atoms with Gasteiger partial charge >= 0.3 is 0 Å². The van der Waals surface area contributed by atoms with Gasteiger partial charge in [-0.25, -0.2) is 4.98 Å². The van der Waals surface area contributed by atoms with E-state index in [0.717, 1.165) is 16.2 Å². The van der Waals surface area contributed by atoms with Gasteiger partial charge < -0.3 is 14.6 Å². The zero-order valence-corrected chi connectivity index (χ0v) is 16.6. The summed E-state index contributed by atoms with van der Waals surface area (Å²) in [7, 11) is 1.63. The van der Waals surface area contributed by atoms with E-state index in [4.69, 9.17) is 9.47 Å². The molecular formula is C22H20N2O4S. The maximum absolute atomic E-state index is 12.8. The molecule has 4 aromatic rings. The second-order valence-electron chi connectivity index (χ2n) is 6.53. The van der Waals surface area contributed by atoms with Crippen LogP contribution in [0.2, 0.25) is 0 Å². The van der Waals surface area contributed by atoms with Gasteiger partial charge in [-0.1, -0.05) is 18.2 Å². The zero-order chi connectivity index (χ0) is 20.2. The Bertz CT molecular complexity index is 1150. The Kier molecular flexibility index (Phi) is 5.59. The van der Waals surface area contributed by atoms with E-state index >= 15 is 0 Å². The monoisotopic (exact) mass is 408 g/mol. The van der Waals surface area contributed by atoms with Crippen molar-refractivity contribution in [3.63, 3.8) is 0 Å².